The van der Waals surface area contributed by atoms with Gasteiger partial charge in [-0.25, -0.2) is 0 Å². The number of ether oxygens (including phenoxy) is 2. The van der Waals surface area contributed by atoms with Crippen molar-refractivity contribution < 1.29 is 24.2 Å². The summed E-state index contributed by atoms with van der Waals surface area (Å²) >= 11 is 0. The first kappa shape index (κ1) is 25.3. The number of nitrogens with zero attached hydrogens (tertiary/aromatic N) is 3. The van der Waals surface area contributed by atoms with E-state index in [2.05, 4.69) is 10.4 Å². The van der Waals surface area contributed by atoms with E-state index in [1.807, 2.05) is 32.9 Å². The lowest BCUT2D eigenvalue weighted by atomic mass is 10.0. The first-order valence-electron chi connectivity index (χ1n) is 11.5. The third kappa shape index (κ3) is 7.08. The molecular weight excluding hydrogens is 436 g/mol. The molecule has 1 atom stereocenters. The summed E-state index contributed by atoms with van der Waals surface area (Å²) in [6.07, 6.45) is 3.60. The smallest absolute Gasteiger partial charge is 0.251 e. The Labute approximate surface area is 200 Å². The van der Waals surface area contributed by atoms with Gasteiger partial charge in [0.25, 0.3) is 5.91 Å². The van der Waals surface area contributed by atoms with Crippen LogP contribution in [0.1, 0.15) is 41.0 Å². The van der Waals surface area contributed by atoms with E-state index in [4.69, 9.17) is 9.47 Å². The Morgan fingerprint density at radius 2 is 2.00 bits per heavy atom. The molecule has 0 aliphatic carbocycles. The molecule has 0 bridgehead atoms. The fraction of sp³-hybridized carbons (Fsp3) is 0.480. The second-order valence-corrected chi connectivity index (χ2v) is 9.43. The van der Waals surface area contributed by atoms with Crippen molar-refractivity contribution in [2.75, 3.05) is 18.5 Å². The van der Waals surface area contributed by atoms with E-state index < -0.39 is 11.6 Å². The van der Waals surface area contributed by atoms with Crippen LogP contribution in [0.25, 0.3) is 0 Å². The standard InChI is InChI=1S/C25H34N4O5/c1-6-33-18-8-7-9-19(13-18)34-20-14-23(30)29(15-20)21(12-17(2)3)24(31)26-22-10-11-28(27-22)16-25(4,5)32/h7-11,13-14,17,21,32H,6,12,15-16H2,1-5H3,(H,26,27,31)/t21-/m0/s1. The van der Waals surface area contributed by atoms with E-state index in [1.54, 1.807) is 42.9 Å². The summed E-state index contributed by atoms with van der Waals surface area (Å²) in [5.41, 5.74) is -0.931. The summed E-state index contributed by atoms with van der Waals surface area (Å²) in [5, 5.41) is 17.1. The third-order valence-electron chi connectivity index (χ3n) is 5.07. The number of carbonyl (C=O) groups excluding carboxylic acids is 2. The van der Waals surface area contributed by atoms with Crippen molar-refractivity contribution in [3.8, 4) is 11.5 Å². The van der Waals surface area contributed by atoms with Gasteiger partial charge in [0.2, 0.25) is 5.91 Å². The fourth-order valence-electron chi connectivity index (χ4n) is 3.73. The van der Waals surface area contributed by atoms with Gasteiger partial charge in [-0.3, -0.25) is 14.3 Å². The second kappa shape index (κ2) is 10.7. The van der Waals surface area contributed by atoms with Gasteiger partial charge in [0, 0.05) is 24.4 Å². The number of benzene rings is 1. The summed E-state index contributed by atoms with van der Waals surface area (Å²) in [5.74, 6) is 1.68. The average molecular weight is 471 g/mol. The highest BCUT2D eigenvalue weighted by Gasteiger charge is 2.35. The Balaban J connectivity index is 1.68. The van der Waals surface area contributed by atoms with Crippen molar-refractivity contribution in [1.82, 2.24) is 14.7 Å². The van der Waals surface area contributed by atoms with E-state index in [1.165, 1.54) is 11.0 Å². The van der Waals surface area contributed by atoms with Crippen molar-refractivity contribution in [3.63, 3.8) is 0 Å². The number of rotatable bonds is 11. The molecule has 9 heteroatoms. The molecule has 1 aromatic carbocycles. The lowest BCUT2D eigenvalue weighted by molar-refractivity contribution is -0.133. The molecule has 2 heterocycles. The van der Waals surface area contributed by atoms with Crippen molar-refractivity contribution in [2.24, 2.45) is 5.92 Å². The quantitative estimate of drug-likeness (QED) is 0.522. The minimum atomic E-state index is -0.931. The predicted octanol–water partition coefficient (Wildman–Crippen LogP) is 3.21. The van der Waals surface area contributed by atoms with Crippen LogP contribution in [0.15, 0.2) is 48.4 Å². The Morgan fingerprint density at radius 3 is 2.68 bits per heavy atom. The molecule has 2 aromatic rings. The van der Waals surface area contributed by atoms with Crippen LogP contribution >= 0.6 is 0 Å². The van der Waals surface area contributed by atoms with E-state index in [0.29, 0.717) is 36.1 Å². The van der Waals surface area contributed by atoms with Gasteiger partial charge >= 0.3 is 0 Å². The molecule has 0 saturated carbocycles. The molecule has 1 aliphatic heterocycles. The van der Waals surface area contributed by atoms with E-state index >= 15 is 0 Å². The molecule has 2 amide bonds. The lowest BCUT2D eigenvalue weighted by Gasteiger charge is -2.28. The van der Waals surface area contributed by atoms with Gasteiger partial charge in [0.1, 0.15) is 23.3 Å². The molecule has 1 aromatic heterocycles. The SMILES string of the molecule is CCOc1cccc(OC2=CC(=O)N([C@@H](CC(C)C)C(=O)Nc3ccn(CC(C)(C)O)n3)C2)c1. The van der Waals surface area contributed by atoms with Gasteiger partial charge in [0.05, 0.1) is 25.3 Å². The summed E-state index contributed by atoms with van der Waals surface area (Å²) in [6, 6.07) is 8.20. The average Bonchev–Trinajstić information content (AvgIpc) is 3.30. The largest absolute Gasteiger partial charge is 0.494 e. The molecular formula is C25H34N4O5. The van der Waals surface area contributed by atoms with E-state index in [0.717, 1.165) is 0 Å². The Bertz CT molecular complexity index is 1040. The molecule has 0 fully saturated rings. The Morgan fingerprint density at radius 1 is 1.26 bits per heavy atom. The van der Waals surface area contributed by atoms with Gasteiger partial charge in [-0.15, -0.1) is 0 Å². The van der Waals surface area contributed by atoms with E-state index in [9.17, 15) is 14.7 Å². The molecule has 2 N–H and O–H groups in total. The summed E-state index contributed by atoms with van der Waals surface area (Å²) < 4.78 is 13.0. The number of aliphatic hydroxyl groups is 1. The van der Waals surface area contributed by atoms with Crippen LogP contribution in [-0.2, 0) is 16.1 Å². The molecule has 1 aliphatic rings. The summed E-state index contributed by atoms with van der Waals surface area (Å²) in [6.45, 7) is 10.3. The van der Waals surface area contributed by atoms with Gasteiger partial charge in [0.15, 0.2) is 5.82 Å². The highest BCUT2D eigenvalue weighted by molar-refractivity contribution is 5.99. The maximum absolute atomic E-state index is 13.2. The second-order valence-electron chi connectivity index (χ2n) is 9.43. The van der Waals surface area contributed by atoms with Gasteiger partial charge in [-0.2, -0.15) is 5.10 Å². The zero-order valence-electron chi connectivity index (χ0n) is 20.4. The summed E-state index contributed by atoms with van der Waals surface area (Å²) in [4.78, 5) is 27.5. The molecule has 184 valence electrons. The van der Waals surface area contributed by atoms with E-state index in [-0.39, 0.29) is 30.8 Å². The maximum atomic E-state index is 13.2. The number of anilines is 1. The number of aromatic nitrogens is 2. The number of nitrogens with one attached hydrogen (secondary N) is 1. The third-order valence-corrected chi connectivity index (χ3v) is 5.07. The fourth-order valence-corrected chi connectivity index (χ4v) is 3.73. The Kier molecular flexibility index (Phi) is 7.98. The van der Waals surface area contributed by atoms with Gasteiger partial charge in [-0.05, 0) is 45.2 Å². The monoisotopic (exact) mass is 470 g/mol. The van der Waals surface area contributed by atoms with Crippen molar-refractivity contribution >= 4 is 17.6 Å². The molecule has 0 saturated heterocycles. The number of hydrogen-bond acceptors (Lipinski definition) is 6. The van der Waals surface area contributed by atoms with Crippen LogP contribution in [0.3, 0.4) is 0 Å². The molecule has 9 nitrogen and oxygen atoms in total. The minimum absolute atomic E-state index is 0.184. The molecule has 0 spiro atoms. The van der Waals surface area contributed by atoms with Crippen LogP contribution in [0, 0.1) is 5.92 Å². The maximum Gasteiger partial charge on any atom is 0.251 e. The van der Waals surface area contributed by atoms with Crippen LogP contribution < -0.4 is 14.8 Å². The summed E-state index contributed by atoms with van der Waals surface area (Å²) in [7, 11) is 0. The van der Waals surface area contributed by atoms with Crippen LogP contribution in [-0.4, -0.2) is 56.4 Å². The number of carbonyl (C=O) groups is 2. The molecule has 0 unspecified atom stereocenters. The highest BCUT2D eigenvalue weighted by atomic mass is 16.5. The van der Waals surface area contributed by atoms with Crippen molar-refractivity contribution in [3.05, 3.63) is 48.4 Å². The minimum Gasteiger partial charge on any atom is -0.494 e. The van der Waals surface area contributed by atoms with Crippen LogP contribution in [0.5, 0.6) is 11.5 Å². The van der Waals surface area contributed by atoms with Crippen LogP contribution in [0.2, 0.25) is 0 Å². The first-order chi connectivity index (χ1) is 16.0. The normalized spacial score (nSPS) is 14.9. The molecule has 3 rings (SSSR count). The predicted molar refractivity (Wildman–Crippen MR) is 128 cm³/mol. The Hall–Kier alpha value is -3.33. The van der Waals surface area contributed by atoms with Crippen molar-refractivity contribution in [2.45, 2.75) is 59.2 Å². The molecule has 34 heavy (non-hydrogen) atoms. The zero-order valence-corrected chi connectivity index (χ0v) is 20.4. The van der Waals surface area contributed by atoms with Gasteiger partial charge in [-0.1, -0.05) is 19.9 Å². The topological polar surface area (TPSA) is 106 Å². The first-order valence-corrected chi connectivity index (χ1v) is 11.5. The number of amides is 2. The van der Waals surface area contributed by atoms with Crippen molar-refractivity contribution in [1.29, 1.82) is 0 Å². The molecule has 0 radical (unpaired) electrons. The van der Waals surface area contributed by atoms with Crippen LogP contribution in [0.4, 0.5) is 5.82 Å². The highest BCUT2D eigenvalue weighted by Crippen LogP contribution is 2.25. The zero-order chi connectivity index (χ0) is 24.9. The van der Waals surface area contributed by atoms with Gasteiger partial charge < -0.3 is 24.8 Å². The lowest BCUT2D eigenvalue weighted by Crippen LogP contribution is -2.46. The number of hydrogen-bond donors (Lipinski definition) is 2.